The molecule has 5 aromatic carbocycles. The molecular weight excluding hydrogens is 746 g/mol. The zero-order valence-corrected chi connectivity index (χ0v) is 30.5. The molecule has 0 saturated carbocycles. The van der Waals surface area contributed by atoms with E-state index in [0.717, 1.165) is 0 Å². The van der Waals surface area contributed by atoms with Gasteiger partial charge in [-0.2, -0.15) is 10.2 Å². The minimum Gasteiger partial charge on any atom is -0.322 e. The van der Waals surface area contributed by atoms with Crippen molar-refractivity contribution in [3.8, 4) is 0 Å². The minimum absolute atomic E-state index is 0.241. The zero-order chi connectivity index (χ0) is 37.4. The molecule has 14 heteroatoms. The molecule has 5 rings (SSSR count). The molecule has 0 bridgehead atoms. The lowest BCUT2D eigenvalue weighted by molar-refractivity contribution is 0.0943. The van der Waals surface area contributed by atoms with E-state index in [0.29, 0.717) is 55.1 Å². The van der Waals surface area contributed by atoms with E-state index in [1.54, 1.807) is 86.6 Å². The third-order valence-corrected chi connectivity index (χ3v) is 8.63. The number of anilines is 2. The highest BCUT2D eigenvalue weighted by Gasteiger charge is 2.14. The Morgan fingerprint density at radius 2 is 0.769 bits per heavy atom. The van der Waals surface area contributed by atoms with Gasteiger partial charge in [-0.3, -0.25) is 19.2 Å². The van der Waals surface area contributed by atoms with Gasteiger partial charge in [0.15, 0.2) is 0 Å². The fraction of sp³-hybridized carbons (Fsp3) is 0.0526. The molecule has 0 saturated heterocycles. The van der Waals surface area contributed by atoms with Crippen LogP contribution in [-0.2, 0) is 0 Å². The first-order valence-electron chi connectivity index (χ1n) is 15.4. The van der Waals surface area contributed by atoms with Crippen LogP contribution < -0.4 is 21.5 Å². The van der Waals surface area contributed by atoms with E-state index in [9.17, 15) is 19.2 Å². The molecule has 52 heavy (non-hydrogen) atoms. The normalized spacial score (nSPS) is 11.4. The van der Waals surface area contributed by atoms with Crippen molar-refractivity contribution in [2.75, 3.05) is 10.6 Å². The van der Waals surface area contributed by atoms with Gasteiger partial charge in [0.25, 0.3) is 23.6 Å². The lowest BCUT2D eigenvalue weighted by Gasteiger charge is -2.09. The third-order valence-electron chi connectivity index (χ3n) is 7.53. The van der Waals surface area contributed by atoms with E-state index >= 15 is 0 Å². The van der Waals surface area contributed by atoms with Crippen molar-refractivity contribution in [3.63, 3.8) is 0 Å². The van der Waals surface area contributed by atoms with E-state index < -0.39 is 11.8 Å². The summed E-state index contributed by atoms with van der Waals surface area (Å²) in [5.41, 5.74) is 9.74. The average Bonchev–Trinajstić information content (AvgIpc) is 3.13. The number of nitrogens with one attached hydrogen (secondary N) is 4. The van der Waals surface area contributed by atoms with E-state index in [1.165, 1.54) is 36.4 Å². The minimum atomic E-state index is -0.472. The lowest BCUT2D eigenvalue weighted by Crippen LogP contribution is -2.21. The molecule has 262 valence electrons. The number of hydrogen-bond acceptors (Lipinski definition) is 6. The van der Waals surface area contributed by atoms with Crippen molar-refractivity contribution in [1.29, 1.82) is 0 Å². The Morgan fingerprint density at radius 1 is 0.442 bits per heavy atom. The van der Waals surface area contributed by atoms with Crippen LogP contribution in [0, 0.1) is 0 Å². The van der Waals surface area contributed by atoms with Crippen molar-refractivity contribution in [3.05, 3.63) is 163 Å². The first-order valence-corrected chi connectivity index (χ1v) is 16.9. The summed E-state index contributed by atoms with van der Waals surface area (Å²) in [5, 5.41) is 15.2. The predicted octanol–water partition coefficient (Wildman–Crippen LogP) is 9.11. The van der Waals surface area contributed by atoms with Crippen molar-refractivity contribution in [1.82, 2.24) is 10.9 Å². The number of carbonyl (C=O) groups excluding carboxylic acids is 4. The SMILES string of the molecule is CC(=NNC(=O)c1ccc(C(=O)NN=C(C)c2ccc(NC(=O)c3ccc(Cl)cc3Cl)cc2)cc1)c1ccc(NC(=O)c2ccc(Cl)cc2Cl)cc1. The van der Waals surface area contributed by atoms with Gasteiger partial charge in [-0.25, -0.2) is 10.9 Å². The molecular formula is C38H28Cl4N6O4. The largest absolute Gasteiger partial charge is 0.322 e. The highest BCUT2D eigenvalue weighted by molar-refractivity contribution is 6.38. The molecule has 0 aliphatic carbocycles. The summed E-state index contributed by atoms with van der Waals surface area (Å²) in [6.45, 7) is 3.45. The second kappa shape index (κ2) is 17.1. The molecule has 0 spiro atoms. The zero-order valence-electron chi connectivity index (χ0n) is 27.4. The van der Waals surface area contributed by atoms with Crippen LogP contribution in [0.25, 0.3) is 0 Å². The van der Waals surface area contributed by atoms with Gasteiger partial charge in [-0.05, 0) is 110 Å². The molecule has 0 radical (unpaired) electrons. The van der Waals surface area contributed by atoms with Gasteiger partial charge >= 0.3 is 0 Å². The Morgan fingerprint density at radius 3 is 1.10 bits per heavy atom. The summed E-state index contributed by atoms with van der Waals surface area (Å²) < 4.78 is 0. The van der Waals surface area contributed by atoms with Gasteiger partial charge < -0.3 is 10.6 Å². The summed E-state index contributed by atoms with van der Waals surface area (Å²) in [4.78, 5) is 50.6. The van der Waals surface area contributed by atoms with Gasteiger partial charge in [-0.1, -0.05) is 70.7 Å². The Kier molecular flexibility index (Phi) is 12.4. The Labute approximate surface area is 318 Å². The van der Waals surface area contributed by atoms with Gasteiger partial charge in [-0.15, -0.1) is 0 Å². The summed E-state index contributed by atoms with van der Waals surface area (Å²) >= 11 is 24.1. The monoisotopic (exact) mass is 772 g/mol. The molecule has 0 aliphatic heterocycles. The topological polar surface area (TPSA) is 141 Å². The fourth-order valence-corrected chi connectivity index (χ4v) is 5.62. The number of benzene rings is 5. The number of carbonyl (C=O) groups is 4. The van der Waals surface area contributed by atoms with Crippen LogP contribution in [0.2, 0.25) is 20.1 Å². The number of amides is 4. The van der Waals surface area contributed by atoms with E-state index in [1.807, 2.05) is 0 Å². The molecule has 0 atom stereocenters. The van der Waals surface area contributed by atoms with Gasteiger partial charge in [0.2, 0.25) is 0 Å². The maximum atomic E-state index is 12.7. The number of nitrogens with zero attached hydrogens (tertiary/aromatic N) is 2. The van der Waals surface area contributed by atoms with E-state index in [2.05, 4.69) is 31.7 Å². The van der Waals surface area contributed by atoms with Crippen LogP contribution in [-0.4, -0.2) is 35.1 Å². The number of halogens is 4. The number of hydrogen-bond donors (Lipinski definition) is 4. The first kappa shape index (κ1) is 37.7. The van der Waals surface area contributed by atoms with Crippen LogP contribution in [0.4, 0.5) is 11.4 Å². The average molecular weight is 774 g/mol. The number of rotatable bonds is 10. The molecule has 0 fully saturated rings. The molecule has 0 aliphatic rings. The molecule has 5 aromatic rings. The highest BCUT2D eigenvalue weighted by atomic mass is 35.5. The van der Waals surface area contributed by atoms with E-state index in [4.69, 9.17) is 46.4 Å². The summed E-state index contributed by atoms with van der Waals surface area (Å²) in [6.07, 6.45) is 0. The molecule has 0 aromatic heterocycles. The first-order chi connectivity index (χ1) is 24.9. The van der Waals surface area contributed by atoms with Gasteiger partial charge in [0.05, 0.1) is 32.6 Å². The Bertz CT molecular complexity index is 2060. The molecule has 0 unspecified atom stereocenters. The van der Waals surface area contributed by atoms with Gasteiger partial charge in [0, 0.05) is 32.5 Å². The smallest absolute Gasteiger partial charge is 0.271 e. The quantitative estimate of drug-likeness (QED) is 0.0830. The van der Waals surface area contributed by atoms with Crippen molar-refractivity contribution in [2.45, 2.75) is 13.8 Å². The van der Waals surface area contributed by atoms with Crippen molar-refractivity contribution in [2.24, 2.45) is 10.2 Å². The highest BCUT2D eigenvalue weighted by Crippen LogP contribution is 2.24. The second-order valence-corrected chi connectivity index (χ2v) is 12.9. The fourth-order valence-electron chi connectivity index (χ4n) is 4.63. The number of hydrazone groups is 2. The molecule has 0 heterocycles. The second-order valence-electron chi connectivity index (χ2n) is 11.2. The van der Waals surface area contributed by atoms with E-state index in [-0.39, 0.29) is 33.0 Å². The van der Waals surface area contributed by atoms with Crippen LogP contribution >= 0.6 is 46.4 Å². The van der Waals surface area contributed by atoms with Crippen LogP contribution in [0.5, 0.6) is 0 Å². The van der Waals surface area contributed by atoms with Crippen LogP contribution in [0.15, 0.2) is 119 Å². The maximum absolute atomic E-state index is 12.7. The maximum Gasteiger partial charge on any atom is 0.271 e. The predicted molar refractivity (Wildman–Crippen MR) is 208 cm³/mol. The van der Waals surface area contributed by atoms with Crippen molar-refractivity contribution >= 4 is 92.8 Å². The molecule has 10 nitrogen and oxygen atoms in total. The van der Waals surface area contributed by atoms with Crippen LogP contribution in [0.1, 0.15) is 66.4 Å². The van der Waals surface area contributed by atoms with Crippen molar-refractivity contribution < 1.29 is 19.2 Å². The third kappa shape index (κ3) is 9.83. The van der Waals surface area contributed by atoms with Gasteiger partial charge in [0.1, 0.15) is 0 Å². The molecule has 4 N–H and O–H groups in total. The summed E-state index contributed by atoms with van der Waals surface area (Å²) in [6, 6.07) is 29.0. The Balaban J connectivity index is 1.11. The van der Waals surface area contributed by atoms with Crippen LogP contribution in [0.3, 0.4) is 0 Å². The molecule has 4 amide bonds. The lowest BCUT2D eigenvalue weighted by atomic mass is 10.1. The summed E-state index contributed by atoms with van der Waals surface area (Å²) in [5.74, 6) is -1.71. The summed E-state index contributed by atoms with van der Waals surface area (Å²) in [7, 11) is 0. The Hall–Kier alpha value is -5.52. The standard InChI is InChI=1S/C38H28Cl4N6O4/c1-21(23-7-13-29(14-8-23)43-37(51)31-17-11-27(39)19-33(31)41)45-47-35(49)25-3-5-26(6-4-25)36(50)48-46-22(2)24-9-15-30(16-10-24)44-38(52)32-18-12-28(40)20-34(32)42/h3-20H,1-2H3,(H,43,51)(H,44,52)(H,47,49)(H,48,50).